The highest BCUT2D eigenvalue weighted by atomic mass is 19.1. The largest absolute Gasteiger partial charge is 0.308 e. The monoisotopic (exact) mass is 250 g/mol. The fraction of sp³-hybridized carbons (Fsp3) is 0.667. The van der Waals surface area contributed by atoms with Gasteiger partial charge in [-0.05, 0) is 43.2 Å². The molecule has 0 saturated heterocycles. The topological polar surface area (TPSA) is 24.9 Å². The molecule has 0 aliphatic heterocycles. The van der Waals surface area contributed by atoms with Crippen LogP contribution in [0.4, 0.5) is 4.39 Å². The number of pyridine rings is 1. The molecule has 1 aliphatic carbocycles. The van der Waals surface area contributed by atoms with Crippen LogP contribution in [-0.2, 0) is 0 Å². The molecule has 0 radical (unpaired) electrons. The minimum absolute atomic E-state index is 0.250. The maximum absolute atomic E-state index is 12.9. The molecule has 1 atom stereocenters. The smallest absolute Gasteiger partial charge is 0.141 e. The third-order valence-corrected chi connectivity index (χ3v) is 3.98. The molecule has 18 heavy (non-hydrogen) atoms. The summed E-state index contributed by atoms with van der Waals surface area (Å²) in [4.78, 5) is 4.18. The van der Waals surface area contributed by atoms with E-state index in [9.17, 15) is 4.39 Å². The van der Waals surface area contributed by atoms with Crippen molar-refractivity contribution < 1.29 is 4.39 Å². The van der Waals surface area contributed by atoms with Crippen LogP contribution in [0.25, 0.3) is 0 Å². The first-order chi connectivity index (χ1) is 8.69. The fourth-order valence-electron chi connectivity index (χ4n) is 2.61. The van der Waals surface area contributed by atoms with Crippen LogP contribution in [0.15, 0.2) is 18.3 Å². The first-order valence-electron chi connectivity index (χ1n) is 7.04. The molecule has 1 aromatic rings. The standard InChI is InChI=1S/C15H23FN2/c1-3-7-15(8-9-15)11-18-13(4-2)14-6-5-12(16)10-17-14/h5-6,10,13,18H,3-4,7-9,11H2,1-2H3. The zero-order valence-electron chi connectivity index (χ0n) is 11.4. The Labute approximate surface area is 109 Å². The lowest BCUT2D eigenvalue weighted by Gasteiger charge is -2.21. The van der Waals surface area contributed by atoms with Gasteiger partial charge in [-0.1, -0.05) is 20.3 Å². The number of halogens is 1. The van der Waals surface area contributed by atoms with Gasteiger partial charge >= 0.3 is 0 Å². The van der Waals surface area contributed by atoms with E-state index < -0.39 is 0 Å². The van der Waals surface area contributed by atoms with Gasteiger partial charge in [-0.15, -0.1) is 0 Å². The van der Waals surface area contributed by atoms with Crippen LogP contribution in [0.1, 0.15) is 57.7 Å². The van der Waals surface area contributed by atoms with Crippen LogP contribution in [0.5, 0.6) is 0 Å². The Bertz CT molecular complexity index is 371. The summed E-state index contributed by atoms with van der Waals surface area (Å²) in [6.07, 6.45) is 7.56. The maximum Gasteiger partial charge on any atom is 0.141 e. The lowest BCUT2D eigenvalue weighted by Crippen LogP contribution is -2.28. The first-order valence-corrected chi connectivity index (χ1v) is 7.04. The van der Waals surface area contributed by atoms with Gasteiger partial charge in [0, 0.05) is 12.6 Å². The number of rotatable bonds is 7. The molecular weight excluding hydrogens is 227 g/mol. The van der Waals surface area contributed by atoms with E-state index in [4.69, 9.17) is 0 Å². The van der Waals surface area contributed by atoms with Crippen LogP contribution >= 0.6 is 0 Å². The van der Waals surface area contributed by atoms with Gasteiger partial charge in [0.1, 0.15) is 5.82 Å². The predicted molar refractivity (Wildman–Crippen MR) is 71.8 cm³/mol. The van der Waals surface area contributed by atoms with Gasteiger partial charge in [-0.25, -0.2) is 4.39 Å². The molecule has 100 valence electrons. The molecule has 1 fully saturated rings. The van der Waals surface area contributed by atoms with Crippen molar-refractivity contribution in [1.82, 2.24) is 10.3 Å². The van der Waals surface area contributed by atoms with Gasteiger partial charge in [-0.3, -0.25) is 4.98 Å². The van der Waals surface area contributed by atoms with Crippen LogP contribution in [0.3, 0.4) is 0 Å². The van der Waals surface area contributed by atoms with Crippen LogP contribution in [-0.4, -0.2) is 11.5 Å². The Morgan fingerprint density at radius 2 is 2.17 bits per heavy atom. The molecule has 0 amide bonds. The molecule has 1 N–H and O–H groups in total. The summed E-state index contributed by atoms with van der Waals surface area (Å²) >= 11 is 0. The van der Waals surface area contributed by atoms with Crippen molar-refractivity contribution in [3.63, 3.8) is 0 Å². The molecule has 2 nitrogen and oxygen atoms in total. The summed E-state index contributed by atoms with van der Waals surface area (Å²) in [5, 5.41) is 3.61. The number of hydrogen-bond donors (Lipinski definition) is 1. The van der Waals surface area contributed by atoms with E-state index in [1.165, 1.54) is 37.9 Å². The van der Waals surface area contributed by atoms with Gasteiger partial charge in [0.25, 0.3) is 0 Å². The summed E-state index contributed by atoms with van der Waals surface area (Å²) in [5.74, 6) is -0.266. The molecule has 2 rings (SSSR count). The lowest BCUT2D eigenvalue weighted by atomic mass is 9.99. The van der Waals surface area contributed by atoms with Crippen molar-refractivity contribution in [3.8, 4) is 0 Å². The van der Waals surface area contributed by atoms with Gasteiger partial charge in [0.2, 0.25) is 0 Å². The van der Waals surface area contributed by atoms with Crippen molar-refractivity contribution in [3.05, 3.63) is 29.8 Å². The maximum atomic E-state index is 12.9. The molecule has 1 aliphatic rings. The van der Waals surface area contributed by atoms with Crippen LogP contribution in [0, 0.1) is 11.2 Å². The minimum atomic E-state index is -0.266. The Hall–Kier alpha value is -0.960. The molecule has 0 aromatic carbocycles. The fourth-order valence-corrected chi connectivity index (χ4v) is 2.61. The third kappa shape index (κ3) is 3.29. The van der Waals surface area contributed by atoms with Crippen molar-refractivity contribution in [2.75, 3.05) is 6.54 Å². The summed E-state index contributed by atoms with van der Waals surface area (Å²) in [7, 11) is 0. The molecule has 1 heterocycles. The zero-order valence-corrected chi connectivity index (χ0v) is 11.4. The van der Waals surface area contributed by atoms with Gasteiger partial charge in [0.15, 0.2) is 0 Å². The number of nitrogens with zero attached hydrogens (tertiary/aromatic N) is 1. The molecule has 1 saturated carbocycles. The van der Waals surface area contributed by atoms with E-state index >= 15 is 0 Å². The summed E-state index contributed by atoms with van der Waals surface area (Å²) < 4.78 is 12.9. The Kier molecular flexibility index (Phi) is 4.33. The second-order valence-electron chi connectivity index (χ2n) is 5.49. The summed E-state index contributed by atoms with van der Waals surface area (Å²) in [5.41, 5.74) is 1.49. The van der Waals surface area contributed by atoms with Gasteiger partial charge in [-0.2, -0.15) is 0 Å². The first kappa shape index (κ1) is 13.5. The normalized spacial score (nSPS) is 18.6. The quantitative estimate of drug-likeness (QED) is 0.795. The van der Waals surface area contributed by atoms with E-state index in [1.807, 2.05) is 0 Å². The molecule has 1 unspecified atom stereocenters. The van der Waals surface area contributed by atoms with Crippen molar-refractivity contribution in [2.45, 2.75) is 52.0 Å². The predicted octanol–water partition coefficient (Wildman–Crippen LogP) is 3.84. The lowest BCUT2D eigenvalue weighted by molar-refractivity contribution is 0.380. The summed E-state index contributed by atoms with van der Waals surface area (Å²) in [6, 6.07) is 3.53. The SMILES string of the molecule is CCCC1(CNC(CC)c2ccc(F)cn2)CC1. The number of aromatic nitrogens is 1. The molecule has 3 heteroatoms. The van der Waals surface area contributed by atoms with Crippen molar-refractivity contribution in [1.29, 1.82) is 0 Å². The van der Waals surface area contributed by atoms with Gasteiger partial charge in [0.05, 0.1) is 11.9 Å². The highest BCUT2D eigenvalue weighted by molar-refractivity contribution is 5.10. The second kappa shape index (κ2) is 5.79. The van der Waals surface area contributed by atoms with Crippen molar-refractivity contribution >= 4 is 0 Å². The highest BCUT2D eigenvalue weighted by Crippen LogP contribution is 2.49. The highest BCUT2D eigenvalue weighted by Gasteiger charge is 2.41. The average Bonchev–Trinajstić information content (AvgIpc) is 3.13. The van der Waals surface area contributed by atoms with Crippen LogP contribution < -0.4 is 5.32 Å². The molecule has 0 bridgehead atoms. The Morgan fingerprint density at radius 3 is 2.67 bits per heavy atom. The number of hydrogen-bond acceptors (Lipinski definition) is 2. The third-order valence-electron chi connectivity index (χ3n) is 3.98. The van der Waals surface area contributed by atoms with E-state index in [2.05, 4.69) is 24.1 Å². The van der Waals surface area contributed by atoms with Crippen molar-refractivity contribution in [2.24, 2.45) is 5.41 Å². The molecular formula is C15H23FN2. The minimum Gasteiger partial charge on any atom is -0.308 e. The zero-order chi connectivity index (χ0) is 13.0. The average molecular weight is 250 g/mol. The van der Waals surface area contributed by atoms with E-state index in [1.54, 1.807) is 6.07 Å². The second-order valence-corrected chi connectivity index (χ2v) is 5.49. The van der Waals surface area contributed by atoms with E-state index in [0.717, 1.165) is 18.7 Å². The molecule has 1 aromatic heterocycles. The number of nitrogens with one attached hydrogen (secondary N) is 1. The summed E-state index contributed by atoms with van der Waals surface area (Å²) in [6.45, 7) is 5.46. The van der Waals surface area contributed by atoms with Gasteiger partial charge < -0.3 is 5.32 Å². The van der Waals surface area contributed by atoms with E-state index in [-0.39, 0.29) is 11.9 Å². The molecule has 0 spiro atoms. The van der Waals surface area contributed by atoms with E-state index in [0.29, 0.717) is 5.41 Å². The Morgan fingerprint density at radius 1 is 1.39 bits per heavy atom. The Balaban J connectivity index is 1.91. The van der Waals surface area contributed by atoms with Crippen LogP contribution in [0.2, 0.25) is 0 Å².